The molecule has 0 aliphatic heterocycles. The minimum Gasteiger partial charge on any atom is -0.481 e. The van der Waals surface area contributed by atoms with Crippen molar-refractivity contribution >= 4 is 28.6 Å². The van der Waals surface area contributed by atoms with Gasteiger partial charge in [-0.1, -0.05) is 12.1 Å². The Labute approximate surface area is 162 Å². The number of aryl methyl sites for hydroxylation is 3. The van der Waals surface area contributed by atoms with Crippen molar-refractivity contribution in [3.63, 3.8) is 0 Å². The van der Waals surface area contributed by atoms with Gasteiger partial charge in [0.1, 0.15) is 0 Å². The first-order valence-corrected chi connectivity index (χ1v) is 9.38. The van der Waals surface area contributed by atoms with E-state index in [1.54, 1.807) is 10.7 Å². The van der Waals surface area contributed by atoms with Gasteiger partial charge in [-0.2, -0.15) is 5.10 Å². The molecule has 4 rings (SSSR count). The zero-order valence-electron chi connectivity index (χ0n) is 15.9. The van der Waals surface area contributed by atoms with Gasteiger partial charge in [-0.15, -0.1) is 0 Å². The van der Waals surface area contributed by atoms with E-state index in [2.05, 4.69) is 10.4 Å². The Morgan fingerprint density at radius 3 is 2.79 bits per heavy atom. The van der Waals surface area contributed by atoms with Crippen molar-refractivity contribution in [2.24, 2.45) is 7.05 Å². The summed E-state index contributed by atoms with van der Waals surface area (Å²) in [6.45, 7) is 1.88. The molecule has 7 heteroatoms. The van der Waals surface area contributed by atoms with E-state index in [0.717, 1.165) is 40.8 Å². The molecule has 1 saturated carbocycles. The highest BCUT2D eigenvalue weighted by atomic mass is 16.4. The average molecular weight is 378 g/mol. The lowest BCUT2D eigenvalue weighted by molar-refractivity contribution is -0.136. The van der Waals surface area contributed by atoms with E-state index in [0.29, 0.717) is 23.6 Å². The molecule has 28 heavy (non-hydrogen) atoms. The van der Waals surface area contributed by atoms with Gasteiger partial charge in [-0.05, 0) is 49.9 Å². The lowest BCUT2D eigenvalue weighted by Gasteiger charge is -2.10. The van der Waals surface area contributed by atoms with Gasteiger partial charge in [0.05, 0.1) is 16.6 Å². The zero-order valence-corrected chi connectivity index (χ0v) is 15.9. The third-order valence-electron chi connectivity index (χ3n) is 5.04. The van der Waals surface area contributed by atoms with E-state index < -0.39 is 5.97 Å². The second kappa shape index (κ2) is 7.07. The number of carbonyl (C=O) groups excluding carboxylic acids is 1. The Balaban J connectivity index is 1.66. The predicted molar refractivity (Wildman–Crippen MR) is 106 cm³/mol. The smallest absolute Gasteiger partial charge is 0.303 e. The van der Waals surface area contributed by atoms with Crippen LogP contribution in [0.1, 0.15) is 52.5 Å². The molecule has 1 amide bonds. The highest BCUT2D eigenvalue weighted by Crippen LogP contribution is 2.40. The highest BCUT2D eigenvalue weighted by Gasteiger charge is 2.28. The van der Waals surface area contributed by atoms with Gasteiger partial charge in [-0.25, -0.2) is 4.98 Å². The first-order chi connectivity index (χ1) is 13.4. The van der Waals surface area contributed by atoms with Crippen molar-refractivity contribution < 1.29 is 14.7 Å². The van der Waals surface area contributed by atoms with Crippen LogP contribution in [0.2, 0.25) is 0 Å². The van der Waals surface area contributed by atoms with Crippen molar-refractivity contribution in [3.8, 4) is 0 Å². The molecule has 2 N–H and O–H groups in total. The van der Waals surface area contributed by atoms with Crippen molar-refractivity contribution in [2.45, 2.75) is 38.5 Å². The van der Waals surface area contributed by atoms with Crippen LogP contribution in [-0.2, 0) is 18.3 Å². The number of benzene rings is 1. The SMILES string of the molecule is Cc1nn(C)c2nc(C3CC3)cc(C(=O)Nc3cccc(CCC(=O)O)c3)c12. The number of pyridine rings is 1. The molecule has 2 heterocycles. The van der Waals surface area contributed by atoms with E-state index in [4.69, 9.17) is 10.1 Å². The fourth-order valence-electron chi connectivity index (χ4n) is 3.49. The number of aromatic nitrogens is 3. The molecular weight excluding hydrogens is 356 g/mol. The minimum absolute atomic E-state index is 0.0575. The minimum atomic E-state index is -0.840. The average Bonchev–Trinajstić information content (AvgIpc) is 3.46. The van der Waals surface area contributed by atoms with Crippen LogP contribution in [0.15, 0.2) is 30.3 Å². The Morgan fingerprint density at radius 2 is 2.07 bits per heavy atom. The first kappa shape index (κ1) is 18.2. The van der Waals surface area contributed by atoms with E-state index in [9.17, 15) is 9.59 Å². The van der Waals surface area contributed by atoms with E-state index >= 15 is 0 Å². The number of amides is 1. The summed E-state index contributed by atoms with van der Waals surface area (Å²) >= 11 is 0. The van der Waals surface area contributed by atoms with Crippen LogP contribution in [0.5, 0.6) is 0 Å². The van der Waals surface area contributed by atoms with E-state index in [-0.39, 0.29) is 12.3 Å². The highest BCUT2D eigenvalue weighted by molar-refractivity contribution is 6.12. The maximum Gasteiger partial charge on any atom is 0.303 e. The molecule has 0 atom stereocenters. The number of nitrogens with zero attached hydrogens (tertiary/aromatic N) is 3. The van der Waals surface area contributed by atoms with E-state index in [1.165, 1.54) is 0 Å². The summed E-state index contributed by atoms with van der Waals surface area (Å²) in [5.74, 6) is -0.625. The number of nitrogens with one attached hydrogen (secondary N) is 1. The molecule has 0 radical (unpaired) electrons. The summed E-state index contributed by atoms with van der Waals surface area (Å²) in [6.07, 6.45) is 2.68. The van der Waals surface area contributed by atoms with E-state index in [1.807, 2.05) is 38.2 Å². The van der Waals surface area contributed by atoms with Crippen LogP contribution in [0.4, 0.5) is 5.69 Å². The zero-order chi connectivity index (χ0) is 19.8. The van der Waals surface area contributed by atoms with Gasteiger partial charge in [0, 0.05) is 30.8 Å². The molecule has 1 aliphatic rings. The number of carbonyl (C=O) groups is 2. The number of hydrogen-bond acceptors (Lipinski definition) is 4. The quantitative estimate of drug-likeness (QED) is 0.685. The normalized spacial score (nSPS) is 13.6. The first-order valence-electron chi connectivity index (χ1n) is 9.38. The van der Waals surface area contributed by atoms with Crippen molar-refractivity contribution in [1.82, 2.24) is 14.8 Å². The predicted octanol–water partition coefficient (Wildman–Crippen LogP) is 3.42. The molecule has 0 spiro atoms. The number of aliphatic carboxylic acids is 1. The second-order valence-corrected chi connectivity index (χ2v) is 7.32. The van der Waals surface area contributed by atoms with Gasteiger partial charge in [0.25, 0.3) is 5.91 Å². The molecule has 3 aromatic rings. The summed E-state index contributed by atoms with van der Waals surface area (Å²) in [5, 5.41) is 17.0. The van der Waals surface area contributed by atoms with Crippen molar-refractivity contribution in [3.05, 3.63) is 52.8 Å². The van der Waals surface area contributed by atoms with Gasteiger partial charge in [-0.3, -0.25) is 14.3 Å². The maximum atomic E-state index is 13.1. The summed E-state index contributed by atoms with van der Waals surface area (Å²) in [5.41, 5.74) is 4.53. The van der Waals surface area contributed by atoms with Crippen LogP contribution in [0, 0.1) is 6.92 Å². The number of carboxylic acids is 1. The third kappa shape index (κ3) is 3.60. The topological polar surface area (TPSA) is 97.1 Å². The Hall–Kier alpha value is -3.22. The summed E-state index contributed by atoms with van der Waals surface area (Å²) in [6, 6.07) is 9.19. The van der Waals surface area contributed by atoms with Crippen LogP contribution in [0.3, 0.4) is 0 Å². The van der Waals surface area contributed by atoms with Crippen LogP contribution in [-0.4, -0.2) is 31.7 Å². The Kier molecular flexibility index (Phi) is 4.58. The molecule has 0 unspecified atom stereocenters. The molecule has 0 saturated heterocycles. The molecule has 7 nitrogen and oxygen atoms in total. The monoisotopic (exact) mass is 378 g/mol. The van der Waals surface area contributed by atoms with Crippen molar-refractivity contribution in [1.29, 1.82) is 0 Å². The van der Waals surface area contributed by atoms with Gasteiger partial charge in [0.15, 0.2) is 5.65 Å². The van der Waals surface area contributed by atoms with Crippen molar-refractivity contribution in [2.75, 3.05) is 5.32 Å². The molecule has 1 aromatic carbocycles. The van der Waals surface area contributed by atoms with Gasteiger partial charge in [0.2, 0.25) is 0 Å². The number of anilines is 1. The van der Waals surface area contributed by atoms with Gasteiger partial charge >= 0.3 is 5.97 Å². The lowest BCUT2D eigenvalue weighted by Crippen LogP contribution is -2.14. The number of fused-ring (bicyclic) bond motifs is 1. The molecular formula is C21H22N4O3. The largest absolute Gasteiger partial charge is 0.481 e. The molecule has 1 aliphatic carbocycles. The molecule has 144 valence electrons. The summed E-state index contributed by atoms with van der Waals surface area (Å²) in [4.78, 5) is 28.6. The fraction of sp³-hybridized carbons (Fsp3) is 0.333. The van der Waals surface area contributed by atoms with Crippen LogP contribution < -0.4 is 5.32 Å². The summed E-state index contributed by atoms with van der Waals surface area (Å²) in [7, 11) is 1.84. The number of hydrogen-bond donors (Lipinski definition) is 2. The number of carboxylic acid groups (broad SMARTS) is 1. The number of rotatable bonds is 6. The van der Waals surface area contributed by atoms with Gasteiger partial charge < -0.3 is 10.4 Å². The Morgan fingerprint density at radius 1 is 1.29 bits per heavy atom. The standard InChI is InChI=1S/C21H22N4O3/c1-12-19-16(11-17(14-7-8-14)23-20(19)25(2)24-12)21(28)22-15-5-3-4-13(10-15)6-9-18(26)27/h3-5,10-11,14H,6-9H2,1-2H3,(H,22,28)(H,26,27). The van der Waals surface area contributed by atoms with Crippen LogP contribution >= 0.6 is 0 Å². The molecule has 0 bridgehead atoms. The Bertz CT molecular complexity index is 1080. The molecule has 2 aromatic heterocycles. The third-order valence-corrected chi connectivity index (χ3v) is 5.04. The second-order valence-electron chi connectivity index (χ2n) is 7.32. The lowest BCUT2D eigenvalue weighted by atomic mass is 10.1. The molecule has 1 fully saturated rings. The summed E-state index contributed by atoms with van der Waals surface area (Å²) < 4.78 is 1.72. The van der Waals surface area contributed by atoms with Crippen LogP contribution in [0.25, 0.3) is 11.0 Å². The fourth-order valence-corrected chi connectivity index (χ4v) is 3.49. The maximum absolute atomic E-state index is 13.1.